The Bertz CT molecular complexity index is 1020. The van der Waals surface area contributed by atoms with Crippen LogP contribution in [0.4, 0.5) is 0 Å². The van der Waals surface area contributed by atoms with E-state index in [0.29, 0.717) is 5.82 Å². The fourth-order valence-corrected chi connectivity index (χ4v) is 4.41. The summed E-state index contributed by atoms with van der Waals surface area (Å²) in [4.78, 5) is 20.0. The van der Waals surface area contributed by atoms with Crippen molar-refractivity contribution in [2.45, 2.75) is 12.2 Å². The van der Waals surface area contributed by atoms with Crippen LogP contribution in [0.15, 0.2) is 51.7 Å². The molecule has 6 heteroatoms. The Balaban J connectivity index is 1.71. The highest BCUT2D eigenvalue weighted by Gasteiger charge is 2.16. The molecule has 3 aromatic rings. The van der Waals surface area contributed by atoms with E-state index in [0.717, 1.165) is 56.1 Å². The fourth-order valence-electron chi connectivity index (χ4n) is 3.09. The Morgan fingerprint density at radius 1 is 1.15 bits per heavy atom. The number of fused-ring (bicyclic) bond motifs is 1. The third kappa shape index (κ3) is 3.31. The number of halogens is 1. The summed E-state index contributed by atoms with van der Waals surface area (Å²) in [5, 5.41) is 0. The van der Waals surface area contributed by atoms with Crippen LogP contribution in [-0.2, 0) is 12.2 Å². The normalized spacial score (nSPS) is 13.3. The third-order valence-electron chi connectivity index (χ3n) is 4.46. The molecule has 1 N–H and O–H groups in total. The second-order valence-electron chi connectivity index (χ2n) is 6.06. The van der Waals surface area contributed by atoms with Crippen molar-refractivity contribution in [3.05, 3.63) is 68.5 Å². The number of benzene rings is 2. The van der Waals surface area contributed by atoms with Crippen molar-refractivity contribution in [1.29, 1.82) is 0 Å². The second kappa shape index (κ2) is 7.29. The van der Waals surface area contributed by atoms with Crippen molar-refractivity contribution in [3.63, 3.8) is 0 Å². The number of nitrogens with one attached hydrogen (secondary N) is 1. The number of rotatable bonds is 3. The monoisotopic (exact) mass is 428 g/mol. The van der Waals surface area contributed by atoms with Crippen molar-refractivity contribution in [2.24, 2.45) is 0 Å². The van der Waals surface area contributed by atoms with Crippen molar-refractivity contribution >= 4 is 27.7 Å². The summed E-state index contributed by atoms with van der Waals surface area (Å²) in [6.07, 6.45) is 0.852. The van der Waals surface area contributed by atoms with Gasteiger partial charge in [0, 0.05) is 26.9 Å². The minimum Gasteiger partial charge on any atom is -0.496 e. The molecule has 0 saturated carbocycles. The molecule has 4 nitrogen and oxygen atoms in total. The lowest BCUT2D eigenvalue weighted by atomic mass is 10.0. The van der Waals surface area contributed by atoms with Gasteiger partial charge >= 0.3 is 0 Å². The van der Waals surface area contributed by atoms with E-state index in [9.17, 15) is 4.79 Å². The predicted molar refractivity (Wildman–Crippen MR) is 110 cm³/mol. The van der Waals surface area contributed by atoms with E-state index in [-0.39, 0.29) is 5.56 Å². The van der Waals surface area contributed by atoms with Gasteiger partial charge < -0.3 is 9.72 Å². The summed E-state index contributed by atoms with van der Waals surface area (Å²) in [5.74, 6) is 3.21. The summed E-state index contributed by atoms with van der Waals surface area (Å²) < 4.78 is 6.46. The number of aromatic amines is 1. The molecule has 2 aromatic carbocycles. The fraction of sp³-hybridized carbons (Fsp3) is 0.200. The lowest BCUT2D eigenvalue weighted by Crippen LogP contribution is -2.21. The van der Waals surface area contributed by atoms with Gasteiger partial charge in [-0.05, 0) is 35.9 Å². The maximum Gasteiger partial charge on any atom is 0.255 e. The van der Waals surface area contributed by atoms with Gasteiger partial charge in [0.15, 0.2) is 0 Å². The standard InChI is InChI=1S/C20H17BrN2O2S/c1-25-18-10-14(21)6-7-15(18)12-2-4-13(5-3-12)19-22-17-8-9-26-11-16(17)20(24)23-19/h2-7,10H,8-9,11H2,1H3,(H,22,23,24). The molecule has 2 heterocycles. The molecule has 132 valence electrons. The van der Waals surface area contributed by atoms with E-state index in [1.165, 1.54) is 0 Å². The third-order valence-corrected chi connectivity index (χ3v) is 5.94. The Kier molecular flexibility index (Phi) is 4.87. The molecule has 0 saturated heterocycles. The van der Waals surface area contributed by atoms with Crippen LogP contribution in [-0.4, -0.2) is 22.8 Å². The predicted octanol–water partition coefficient (Wildman–Crippen LogP) is 4.66. The van der Waals surface area contributed by atoms with Gasteiger partial charge in [-0.2, -0.15) is 11.8 Å². The molecule has 1 aromatic heterocycles. The van der Waals surface area contributed by atoms with Gasteiger partial charge in [0.05, 0.1) is 12.8 Å². The smallest absolute Gasteiger partial charge is 0.255 e. The van der Waals surface area contributed by atoms with Crippen LogP contribution in [0.1, 0.15) is 11.3 Å². The SMILES string of the molecule is COc1cc(Br)ccc1-c1ccc(-c2nc3c(c(=O)[nH]2)CSCC3)cc1. The minimum absolute atomic E-state index is 0.0177. The van der Waals surface area contributed by atoms with Gasteiger partial charge in [0.2, 0.25) is 0 Å². The van der Waals surface area contributed by atoms with Gasteiger partial charge in [-0.25, -0.2) is 4.98 Å². The Hall–Kier alpha value is -2.05. The summed E-state index contributed by atoms with van der Waals surface area (Å²) in [5.41, 5.74) is 4.71. The molecule has 0 amide bonds. The highest BCUT2D eigenvalue weighted by molar-refractivity contribution is 9.10. The van der Waals surface area contributed by atoms with Crippen molar-refractivity contribution < 1.29 is 4.74 Å². The number of thioether (sulfide) groups is 1. The average Bonchev–Trinajstić information content (AvgIpc) is 2.68. The number of methoxy groups -OCH3 is 1. The summed E-state index contributed by atoms with van der Waals surface area (Å²) in [6.45, 7) is 0. The lowest BCUT2D eigenvalue weighted by molar-refractivity contribution is 0.416. The first-order chi connectivity index (χ1) is 12.7. The largest absolute Gasteiger partial charge is 0.496 e. The average molecular weight is 429 g/mol. The first kappa shape index (κ1) is 17.4. The maximum atomic E-state index is 12.3. The van der Waals surface area contributed by atoms with Gasteiger partial charge in [0.25, 0.3) is 5.56 Å². The topological polar surface area (TPSA) is 55.0 Å². The van der Waals surface area contributed by atoms with Crippen LogP contribution in [0.3, 0.4) is 0 Å². The Morgan fingerprint density at radius 2 is 1.92 bits per heavy atom. The molecular formula is C20H17BrN2O2S. The van der Waals surface area contributed by atoms with Crippen LogP contribution in [0.5, 0.6) is 5.75 Å². The van der Waals surface area contributed by atoms with Crippen molar-refractivity contribution in [3.8, 4) is 28.3 Å². The molecule has 0 radical (unpaired) electrons. The van der Waals surface area contributed by atoms with E-state index < -0.39 is 0 Å². The van der Waals surface area contributed by atoms with Gasteiger partial charge in [-0.15, -0.1) is 0 Å². The van der Waals surface area contributed by atoms with E-state index in [1.807, 2.05) is 42.5 Å². The molecule has 0 bridgehead atoms. The molecular weight excluding hydrogens is 412 g/mol. The van der Waals surface area contributed by atoms with Crippen LogP contribution >= 0.6 is 27.7 Å². The zero-order chi connectivity index (χ0) is 18.1. The van der Waals surface area contributed by atoms with Gasteiger partial charge in [0.1, 0.15) is 11.6 Å². The Morgan fingerprint density at radius 3 is 2.69 bits per heavy atom. The zero-order valence-electron chi connectivity index (χ0n) is 14.2. The van der Waals surface area contributed by atoms with Crippen LogP contribution in [0, 0.1) is 0 Å². The van der Waals surface area contributed by atoms with E-state index in [1.54, 1.807) is 18.9 Å². The maximum absolute atomic E-state index is 12.3. The first-order valence-corrected chi connectivity index (χ1v) is 10.2. The number of nitrogens with zero attached hydrogens (tertiary/aromatic N) is 1. The lowest BCUT2D eigenvalue weighted by Gasteiger charge is -2.14. The molecule has 26 heavy (non-hydrogen) atoms. The highest BCUT2D eigenvalue weighted by Crippen LogP contribution is 2.33. The molecule has 4 rings (SSSR count). The number of hydrogen-bond donors (Lipinski definition) is 1. The first-order valence-electron chi connectivity index (χ1n) is 8.30. The number of H-pyrrole nitrogens is 1. The van der Waals surface area contributed by atoms with Gasteiger partial charge in [-0.3, -0.25) is 4.79 Å². The quantitative estimate of drug-likeness (QED) is 0.658. The summed E-state index contributed by atoms with van der Waals surface area (Å²) >= 11 is 5.25. The van der Waals surface area contributed by atoms with Gasteiger partial charge in [-0.1, -0.05) is 40.2 Å². The number of ether oxygens (including phenoxy) is 1. The molecule has 0 fully saturated rings. The van der Waals surface area contributed by atoms with E-state index in [4.69, 9.17) is 9.72 Å². The van der Waals surface area contributed by atoms with Crippen molar-refractivity contribution in [1.82, 2.24) is 9.97 Å². The van der Waals surface area contributed by atoms with Crippen LogP contribution in [0.25, 0.3) is 22.5 Å². The number of aryl methyl sites for hydroxylation is 1. The molecule has 0 aliphatic carbocycles. The minimum atomic E-state index is -0.0177. The van der Waals surface area contributed by atoms with E-state index >= 15 is 0 Å². The molecule has 0 spiro atoms. The molecule has 1 aliphatic rings. The number of hydrogen-bond acceptors (Lipinski definition) is 4. The van der Waals surface area contributed by atoms with E-state index in [2.05, 4.69) is 20.9 Å². The summed E-state index contributed by atoms with van der Waals surface area (Å²) in [7, 11) is 1.67. The number of aromatic nitrogens is 2. The zero-order valence-corrected chi connectivity index (χ0v) is 16.6. The highest BCUT2D eigenvalue weighted by atomic mass is 79.9. The van der Waals surface area contributed by atoms with Crippen LogP contribution < -0.4 is 10.3 Å². The second-order valence-corrected chi connectivity index (χ2v) is 8.09. The Labute approximate surface area is 164 Å². The molecule has 0 unspecified atom stereocenters. The summed E-state index contributed by atoms with van der Waals surface area (Å²) in [6, 6.07) is 14.0. The van der Waals surface area contributed by atoms with Crippen molar-refractivity contribution in [2.75, 3.05) is 12.9 Å². The molecule has 1 aliphatic heterocycles. The molecule has 0 atom stereocenters. The van der Waals surface area contributed by atoms with Crippen LogP contribution in [0.2, 0.25) is 0 Å².